The zero-order valence-corrected chi connectivity index (χ0v) is 11.5. The number of halogens is 1. The Morgan fingerprint density at radius 2 is 2.00 bits per heavy atom. The molecule has 0 spiro atoms. The monoisotopic (exact) mass is 276 g/mol. The van der Waals surface area contributed by atoms with Gasteiger partial charge in [0.25, 0.3) is 0 Å². The molecule has 0 amide bonds. The van der Waals surface area contributed by atoms with Gasteiger partial charge in [0.1, 0.15) is 12.4 Å². The lowest BCUT2D eigenvalue weighted by Gasteiger charge is -2.13. The predicted octanol–water partition coefficient (Wildman–Crippen LogP) is 3.21. The van der Waals surface area contributed by atoms with Crippen LogP contribution in [-0.4, -0.2) is 12.2 Å². The van der Waals surface area contributed by atoms with Gasteiger partial charge >= 0.3 is 0 Å². The molecule has 3 nitrogen and oxygen atoms in total. The Morgan fingerprint density at radius 1 is 1.20 bits per heavy atom. The van der Waals surface area contributed by atoms with E-state index in [1.807, 2.05) is 19.1 Å². The van der Waals surface area contributed by atoms with Crippen molar-refractivity contribution < 1.29 is 19.0 Å². The summed E-state index contributed by atoms with van der Waals surface area (Å²) < 4.78 is 24.2. The number of rotatable bonds is 5. The van der Waals surface area contributed by atoms with Crippen molar-refractivity contribution in [2.45, 2.75) is 20.1 Å². The SMILES string of the molecule is COc1ccc(COc2c(C)cccc2CO)cc1F. The zero-order valence-electron chi connectivity index (χ0n) is 11.5. The van der Waals surface area contributed by atoms with Crippen molar-refractivity contribution in [2.24, 2.45) is 0 Å². The highest BCUT2D eigenvalue weighted by Gasteiger charge is 2.08. The molecule has 0 aromatic heterocycles. The first-order chi connectivity index (χ1) is 9.65. The standard InChI is InChI=1S/C16H17FO3/c1-11-4-3-5-13(9-18)16(11)20-10-12-6-7-15(19-2)14(17)8-12/h3-8,18H,9-10H2,1-2H3. The summed E-state index contributed by atoms with van der Waals surface area (Å²) in [4.78, 5) is 0. The van der Waals surface area contributed by atoms with Gasteiger partial charge in [-0.2, -0.15) is 0 Å². The largest absolute Gasteiger partial charge is 0.494 e. The smallest absolute Gasteiger partial charge is 0.165 e. The maximum Gasteiger partial charge on any atom is 0.165 e. The highest BCUT2D eigenvalue weighted by molar-refractivity contribution is 5.40. The molecule has 0 radical (unpaired) electrons. The van der Waals surface area contributed by atoms with E-state index in [1.165, 1.54) is 13.2 Å². The maximum absolute atomic E-state index is 13.6. The molecular weight excluding hydrogens is 259 g/mol. The first-order valence-corrected chi connectivity index (χ1v) is 6.30. The summed E-state index contributed by atoms with van der Waals surface area (Å²) in [5.41, 5.74) is 2.36. The zero-order chi connectivity index (χ0) is 14.5. The van der Waals surface area contributed by atoms with Crippen LogP contribution >= 0.6 is 0 Å². The number of benzene rings is 2. The van der Waals surface area contributed by atoms with Crippen molar-refractivity contribution in [2.75, 3.05) is 7.11 Å². The lowest BCUT2D eigenvalue weighted by Crippen LogP contribution is -2.01. The second kappa shape index (κ2) is 6.39. The van der Waals surface area contributed by atoms with Gasteiger partial charge in [-0.05, 0) is 30.2 Å². The molecule has 0 aliphatic heterocycles. The van der Waals surface area contributed by atoms with E-state index in [0.717, 1.165) is 11.1 Å². The van der Waals surface area contributed by atoms with Gasteiger partial charge in [-0.15, -0.1) is 0 Å². The van der Waals surface area contributed by atoms with E-state index in [-0.39, 0.29) is 19.0 Å². The quantitative estimate of drug-likeness (QED) is 0.911. The van der Waals surface area contributed by atoms with Gasteiger partial charge in [0, 0.05) is 5.56 Å². The van der Waals surface area contributed by atoms with Gasteiger partial charge in [0.05, 0.1) is 13.7 Å². The highest BCUT2D eigenvalue weighted by Crippen LogP contribution is 2.25. The molecule has 0 atom stereocenters. The fraction of sp³-hybridized carbons (Fsp3) is 0.250. The minimum Gasteiger partial charge on any atom is -0.494 e. The van der Waals surface area contributed by atoms with E-state index in [2.05, 4.69) is 0 Å². The van der Waals surface area contributed by atoms with E-state index in [0.29, 0.717) is 11.3 Å². The molecule has 0 aliphatic carbocycles. The number of methoxy groups -OCH3 is 1. The molecule has 2 rings (SSSR count). The van der Waals surface area contributed by atoms with Gasteiger partial charge in [-0.1, -0.05) is 24.3 Å². The van der Waals surface area contributed by atoms with E-state index >= 15 is 0 Å². The van der Waals surface area contributed by atoms with Gasteiger partial charge < -0.3 is 14.6 Å². The third kappa shape index (κ3) is 3.08. The van der Waals surface area contributed by atoms with Crippen molar-refractivity contribution in [3.05, 3.63) is 58.9 Å². The van der Waals surface area contributed by atoms with E-state index in [9.17, 15) is 9.50 Å². The number of hydrogen-bond acceptors (Lipinski definition) is 3. The van der Waals surface area contributed by atoms with Crippen LogP contribution in [0, 0.1) is 12.7 Å². The molecule has 0 aliphatic rings. The number of aliphatic hydroxyl groups is 1. The minimum absolute atomic E-state index is 0.0893. The van der Waals surface area contributed by atoms with Crippen LogP contribution in [0.1, 0.15) is 16.7 Å². The molecule has 0 bridgehead atoms. The number of ether oxygens (including phenoxy) is 2. The first-order valence-electron chi connectivity index (χ1n) is 6.30. The van der Waals surface area contributed by atoms with Gasteiger partial charge in [-0.3, -0.25) is 0 Å². The third-order valence-corrected chi connectivity index (χ3v) is 3.06. The van der Waals surface area contributed by atoms with Crippen LogP contribution in [-0.2, 0) is 13.2 Å². The van der Waals surface area contributed by atoms with Crippen LogP contribution in [0.25, 0.3) is 0 Å². The van der Waals surface area contributed by atoms with Crippen LogP contribution in [0.3, 0.4) is 0 Å². The Labute approximate surface area is 117 Å². The normalized spacial score (nSPS) is 10.4. The second-order valence-corrected chi connectivity index (χ2v) is 4.48. The molecule has 0 heterocycles. The van der Waals surface area contributed by atoms with Crippen LogP contribution in [0.2, 0.25) is 0 Å². The summed E-state index contributed by atoms with van der Waals surface area (Å²) in [7, 11) is 1.43. The number of hydrogen-bond donors (Lipinski definition) is 1. The molecule has 106 valence electrons. The Kier molecular flexibility index (Phi) is 4.58. The molecule has 0 fully saturated rings. The maximum atomic E-state index is 13.6. The van der Waals surface area contributed by atoms with Crippen molar-refractivity contribution >= 4 is 0 Å². The van der Waals surface area contributed by atoms with Crippen LogP contribution in [0.5, 0.6) is 11.5 Å². The summed E-state index contributed by atoms with van der Waals surface area (Å²) in [6.07, 6.45) is 0. The van der Waals surface area contributed by atoms with Crippen molar-refractivity contribution in [1.82, 2.24) is 0 Å². The Hall–Kier alpha value is -2.07. The molecule has 2 aromatic rings. The molecule has 0 saturated carbocycles. The number of para-hydroxylation sites is 1. The Balaban J connectivity index is 2.15. The predicted molar refractivity (Wildman–Crippen MR) is 74.4 cm³/mol. The lowest BCUT2D eigenvalue weighted by molar-refractivity contribution is 0.257. The third-order valence-electron chi connectivity index (χ3n) is 3.06. The van der Waals surface area contributed by atoms with Crippen LogP contribution in [0.15, 0.2) is 36.4 Å². The summed E-state index contributed by atoms with van der Waals surface area (Å²) in [5.74, 6) is 0.438. The highest BCUT2D eigenvalue weighted by atomic mass is 19.1. The topological polar surface area (TPSA) is 38.7 Å². The molecular formula is C16H17FO3. The summed E-state index contributed by atoms with van der Waals surface area (Å²) >= 11 is 0. The first kappa shape index (κ1) is 14.3. The fourth-order valence-electron chi connectivity index (χ4n) is 2.00. The molecule has 0 saturated heterocycles. The fourth-order valence-corrected chi connectivity index (χ4v) is 2.00. The summed E-state index contributed by atoms with van der Waals surface area (Å²) in [5, 5.41) is 9.30. The average Bonchev–Trinajstić information content (AvgIpc) is 2.46. The molecule has 20 heavy (non-hydrogen) atoms. The lowest BCUT2D eigenvalue weighted by atomic mass is 10.1. The summed E-state index contributed by atoms with van der Waals surface area (Å²) in [6, 6.07) is 10.3. The van der Waals surface area contributed by atoms with Gasteiger partial charge in [-0.25, -0.2) is 4.39 Å². The van der Waals surface area contributed by atoms with Crippen LogP contribution < -0.4 is 9.47 Å². The van der Waals surface area contributed by atoms with E-state index in [1.54, 1.807) is 18.2 Å². The van der Waals surface area contributed by atoms with Crippen molar-refractivity contribution in [3.8, 4) is 11.5 Å². The van der Waals surface area contributed by atoms with Crippen molar-refractivity contribution in [3.63, 3.8) is 0 Å². The number of aliphatic hydroxyl groups excluding tert-OH is 1. The molecule has 0 unspecified atom stereocenters. The van der Waals surface area contributed by atoms with Crippen molar-refractivity contribution in [1.29, 1.82) is 0 Å². The number of aryl methyl sites for hydroxylation is 1. The summed E-state index contributed by atoms with van der Waals surface area (Å²) in [6.45, 7) is 2.05. The minimum atomic E-state index is -0.416. The molecule has 2 aromatic carbocycles. The Morgan fingerprint density at radius 3 is 2.65 bits per heavy atom. The Bertz CT molecular complexity index is 596. The second-order valence-electron chi connectivity index (χ2n) is 4.48. The van der Waals surface area contributed by atoms with Crippen LogP contribution in [0.4, 0.5) is 4.39 Å². The van der Waals surface area contributed by atoms with E-state index < -0.39 is 5.82 Å². The molecule has 4 heteroatoms. The van der Waals surface area contributed by atoms with Gasteiger partial charge in [0.15, 0.2) is 11.6 Å². The van der Waals surface area contributed by atoms with Gasteiger partial charge in [0.2, 0.25) is 0 Å². The molecule has 1 N–H and O–H groups in total. The van der Waals surface area contributed by atoms with E-state index in [4.69, 9.17) is 9.47 Å². The average molecular weight is 276 g/mol.